The standard InChI is InChI=1S/C15H18BrN3O2/c1-3-19-14(20)11-8-10(2)9-12(16)13(11)17-15(19)18-4-6-21-7-5-18/h8-9H,3-7H2,1-2H3. The first-order chi connectivity index (χ1) is 10.1. The zero-order valence-electron chi connectivity index (χ0n) is 12.2. The van der Waals surface area contributed by atoms with Crippen LogP contribution in [0.2, 0.25) is 0 Å². The molecule has 3 rings (SSSR count). The van der Waals surface area contributed by atoms with Crippen LogP contribution in [0.25, 0.3) is 10.9 Å². The first-order valence-corrected chi connectivity index (χ1v) is 7.94. The monoisotopic (exact) mass is 351 g/mol. The Labute approximate surface area is 131 Å². The van der Waals surface area contributed by atoms with Gasteiger partial charge in [0.15, 0.2) is 0 Å². The molecule has 21 heavy (non-hydrogen) atoms. The first kappa shape index (κ1) is 14.5. The number of aromatic nitrogens is 2. The van der Waals surface area contributed by atoms with Crippen LogP contribution < -0.4 is 10.5 Å². The van der Waals surface area contributed by atoms with Gasteiger partial charge in [-0.05, 0) is 47.5 Å². The van der Waals surface area contributed by atoms with E-state index >= 15 is 0 Å². The lowest BCUT2D eigenvalue weighted by Gasteiger charge is -2.29. The van der Waals surface area contributed by atoms with Gasteiger partial charge in [-0.1, -0.05) is 0 Å². The van der Waals surface area contributed by atoms with Gasteiger partial charge in [0.2, 0.25) is 5.95 Å². The normalized spacial score (nSPS) is 15.7. The van der Waals surface area contributed by atoms with Gasteiger partial charge in [0.05, 0.1) is 24.1 Å². The van der Waals surface area contributed by atoms with Gasteiger partial charge >= 0.3 is 0 Å². The fraction of sp³-hybridized carbons (Fsp3) is 0.467. The summed E-state index contributed by atoms with van der Waals surface area (Å²) in [6, 6.07) is 3.90. The maximum Gasteiger partial charge on any atom is 0.262 e. The lowest BCUT2D eigenvalue weighted by Crippen LogP contribution is -2.40. The number of ether oxygens (including phenoxy) is 1. The van der Waals surface area contributed by atoms with Gasteiger partial charge in [-0.2, -0.15) is 0 Å². The third-order valence-corrected chi connectivity index (χ3v) is 4.35. The topological polar surface area (TPSA) is 47.4 Å². The molecule has 112 valence electrons. The van der Waals surface area contributed by atoms with Crippen molar-refractivity contribution in [3.05, 3.63) is 32.5 Å². The molecule has 0 saturated carbocycles. The zero-order chi connectivity index (χ0) is 15.0. The molecule has 0 amide bonds. The Balaban J connectivity index is 2.26. The number of morpholine rings is 1. The predicted octanol–water partition coefficient (Wildman–Crippen LogP) is 2.32. The average molecular weight is 352 g/mol. The SMILES string of the molecule is CCn1c(N2CCOCC2)nc2c(Br)cc(C)cc2c1=O. The highest BCUT2D eigenvalue weighted by Gasteiger charge is 2.19. The predicted molar refractivity (Wildman–Crippen MR) is 87.1 cm³/mol. The van der Waals surface area contributed by atoms with Crippen LogP contribution >= 0.6 is 15.9 Å². The number of halogens is 1. The van der Waals surface area contributed by atoms with Crippen molar-refractivity contribution in [3.63, 3.8) is 0 Å². The summed E-state index contributed by atoms with van der Waals surface area (Å²) in [6.45, 7) is 7.45. The Morgan fingerprint density at radius 1 is 1.33 bits per heavy atom. The second-order valence-corrected chi connectivity index (χ2v) is 6.06. The van der Waals surface area contributed by atoms with E-state index in [1.807, 2.05) is 26.0 Å². The number of rotatable bonds is 2. The zero-order valence-corrected chi connectivity index (χ0v) is 13.8. The molecule has 0 N–H and O–H groups in total. The van der Waals surface area contributed by atoms with E-state index in [1.165, 1.54) is 0 Å². The van der Waals surface area contributed by atoms with Gasteiger partial charge in [0, 0.05) is 24.1 Å². The molecular formula is C15H18BrN3O2. The lowest BCUT2D eigenvalue weighted by molar-refractivity contribution is 0.121. The van der Waals surface area contributed by atoms with Gasteiger partial charge in [0.1, 0.15) is 0 Å². The molecule has 5 nitrogen and oxygen atoms in total. The van der Waals surface area contributed by atoms with E-state index in [0.29, 0.717) is 25.1 Å². The fourth-order valence-corrected chi connectivity index (χ4v) is 3.36. The summed E-state index contributed by atoms with van der Waals surface area (Å²) in [5.74, 6) is 0.739. The smallest absolute Gasteiger partial charge is 0.262 e. The van der Waals surface area contributed by atoms with Crippen LogP contribution in [0.3, 0.4) is 0 Å². The van der Waals surface area contributed by atoms with Crippen LogP contribution in [-0.2, 0) is 11.3 Å². The molecule has 1 aliphatic heterocycles. The van der Waals surface area contributed by atoms with Crippen molar-refractivity contribution in [2.75, 3.05) is 31.2 Å². The summed E-state index contributed by atoms with van der Waals surface area (Å²) in [7, 11) is 0. The number of hydrogen-bond donors (Lipinski definition) is 0. The number of aryl methyl sites for hydroxylation is 1. The van der Waals surface area contributed by atoms with Crippen molar-refractivity contribution >= 4 is 32.8 Å². The van der Waals surface area contributed by atoms with Gasteiger partial charge in [0.25, 0.3) is 5.56 Å². The number of benzene rings is 1. The second-order valence-electron chi connectivity index (χ2n) is 5.20. The van der Waals surface area contributed by atoms with Crippen molar-refractivity contribution in [2.24, 2.45) is 0 Å². The molecule has 0 atom stereocenters. The third-order valence-electron chi connectivity index (χ3n) is 3.75. The molecular weight excluding hydrogens is 334 g/mol. The number of nitrogens with zero attached hydrogens (tertiary/aromatic N) is 3. The van der Waals surface area contributed by atoms with Gasteiger partial charge in [-0.25, -0.2) is 4.98 Å². The summed E-state index contributed by atoms with van der Waals surface area (Å²) in [5.41, 5.74) is 1.81. The molecule has 1 aromatic carbocycles. The Bertz CT molecular complexity index is 736. The van der Waals surface area contributed by atoms with Crippen LogP contribution in [0, 0.1) is 6.92 Å². The van der Waals surface area contributed by atoms with Gasteiger partial charge in [-0.15, -0.1) is 0 Å². The molecule has 0 bridgehead atoms. The van der Waals surface area contributed by atoms with Crippen molar-refractivity contribution in [2.45, 2.75) is 20.4 Å². The molecule has 2 heterocycles. The highest BCUT2D eigenvalue weighted by Crippen LogP contribution is 2.24. The summed E-state index contributed by atoms with van der Waals surface area (Å²) < 4.78 is 8.00. The van der Waals surface area contributed by atoms with Crippen LogP contribution in [0.15, 0.2) is 21.4 Å². The van der Waals surface area contributed by atoms with E-state index in [0.717, 1.165) is 34.6 Å². The van der Waals surface area contributed by atoms with Crippen LogP contribution in [0.1, 0.15) is 12.5 Å². The molecule has 1 saturated heterocycles. The molecule has 0 spiro atoms. The van der Waals surface area contributed by atoms with E-state index in [9.17, 15) is 4.79 Å². The average Bonchev–Trinajstić information content (AvgIpc) is 2.49. The Morgan fingerprint density at radius 2 is 2.05 bits per heavy atom. The van der Waals surface area contributed by atoms with E-state index in [-0.39, 0.29) is 5.56 Å². The van der Waals surface area contributed by atoms with Crippen LogP contribution in [0.5, 0.6) is 0 Å². The van der Waals surface area contributed by atoms with Crippen molar-refractivity contribution < 1.29 is 4.74 Å². The molecule has 1 fully saturated rings. The lowest BCUT2D eigenvalue weighted by atomic mass is 10.1. The van der Waals surface area contributed by atoms with Crippen LogP contribution in [-0.4, -0.2) is 35.9 Å². The van der Waals surface area contributed by atoms with E-state index in [4.69, 9.17) is 9.72 Å². The van der Waals surface area contributed by atoms with Gasteiger partial charge < -0.3 is 9.64 Å². The molecule has 1 aliphatic rings. The first-order valence-electron chi connectivity index (χ1n) is 7.15. The van der Waals surface area contributed by atoms with E-state index in [1.54, 1.807) is 4.57 Å². The maximum absolute atomic E-state index is 12.8. The molecule has 2 aromatic rings. The minimum atomic E-state index is 0.0217. The highest BCUT2D eigenvalue weighted by atomic mass is 79.9. The largest absolute Gasteiger partial charge is 0.378 e. The second kappa shape index (κ2) is 5.77. The fourth-order valence-electron chi connectivity index (χ4n) is 2.70. The number of hydrogen-bond acceptors (Lipinski definition) is 4. The highest BCUT2D eigenvalue weighted by molar-refractivity contribution is 9.10. The minimum absolute atomic E-state index is 0.0217. The molecule has 0 aliphatic carbocycles. The number of fused-ring (bicyclic) bond motifs is 1. The van der Waals surface area contributed by atoms with Crippen molar-refractivity contribution in [1.29, 1.82) is 0 Å². The number of anilines is 1. The molecule has 0 radical (unpaired) electrons. The Kier molecular flexibility index (Phi) is 3.99. The summed E-state index contributed by atoms with van der Waals surface area (Å²) in [4.78, 5) is 19.7. The molecule has 1 aromatic heterocycles. The molecule has 6 heteroatoms. The van der Waals surface area contributed by atoms with Crippen molar-refractivity contribution in [3.8, 4) is 0 Å². The molecule has 0 unspecified atom stereocenters. The van der Waals surface area contributed by atoms with Crippen LogP contribution in [0.4, 0.5) is 5.95 Å². The third kappa shape index (κ3) is 2.58. The summed E-state index contributed by atoms with van der Waals surface area (Å²) in [6.07, 6.45) is 0. The van der Waals surface area contributed by atoms with E-state index in [2.05, 4.69) is 20.8 Å². The summed E-state index contributed by atoms with van der Waals surface area (Å²) in [5, 5.41) is 0.667. The van der Waals surface area contributed by atoms with E-state index < -0.39 is 0 Å². The quantitative estimate of drug-likeness (QED) is 0.832. The Hall–Kier alpha value is -1.40. The van der Waals surface area contributed by atoms with Crippen molar-refractivity contribution in [1.82, 2.24) is 9.55 Å². The Morgan fingerprint density at radius 3 is 2.71 bits per heavy atom. The minimum Gasteiger partial charge on any atom is -0.378 e. The summed E-state index contributed by atoms with van der Waals surface area (Å²) >= 11 is 3.53. The van der Waals surface area contributed by atoms with Gasteiger partial charge in [-0.3, -0.25) is 9.36 Å². The maximum atomic E-state index is 12.8.